The minimum absolute atomic E-state index is 0.0742. The highest BCUT2D eigenvalue weighted by atomic mass is 16.5. The van der Waals surface area contributed by atoms with Crippen molar-refractivity contribution in [1.82, 2.24) is 20.2 Å². The third-order valence-electron chi connectivity index (χ3n) is 7.13. The van der Waals surface area contributed by atoms with Gasteiger partial charge in [0.1, 0.15) is 5.69 Å². The quantitative estimate of drug-likeness (QED) is 0.718. The number of carbonyl (C=O) groups is 1. The number of hydrogen-bond acceptors (Lipinski definition) is 6. The number of aromatic nitrogens is 2. The monoisotopic (exact) mass is 429 g/mol. The molecule has 0 aromatic carbocycles. The SMILES string of the molecule is CC(C)c1cc(C(=O)NCC2(CN3CCCC3)CCOCC2)nc(N2CCCCC2)n1. The molecule has 0 bridgehead atoms. The minimum atomic E-state index is -0.0742. The van der Waals surface area contributed by atoms with Gasteiger partial charge in [-0.15, -0.1) is 0 Å². The van der Waals surface area contributed by atoms with Crippen LogP contribution >= 0.6 is 0 Å². The predicted molar refractivity (Wildman–Crippen MR) is 123 cm³/mol. The van der Waals surface area contributed by atoms with Crippen LogP contribution in [0.15, 0.2) is 6.07 Å². The van der Waals surface area contributed by atoms with Crippen LogP contribution < -0.4 is 10.2 Å². The Labute approximate surface area is 186 Å². The summed E-state index contributed by atoms with van der Waals surface area (Å²) in [7, 11) is 0. The summed E-state index contributed by atoms with van der Waals surface area (Å²) >= 11 is 0. The summed E-state index contributed by atoms with van der Waals surface area (Å²) in [5.74, 6) is 0.902. The number of likely N-dealkylation sites (tertiary alicyclic amines) is 1. The molecule has 7 heteroatoms. The van der Waals surface area contributed by atoms with Crippen molar-refractivity contribution < 1.29 is 9.53 Å². The highest BCUT2D eigenvalue weighted by molar-refractivity contribution is 5.92. The summed E-state index contributed by atoms with van der Waals surface area (Å²) in [6.45, 7) is 11.9. The lowest BCUT2D eigenvalue weighted by Gasteiger charge is -2.40. The van der Waals surface area contributed by atoms with Gasteiger partial charge in [0.2, 0.25) is 5.95 Å². The fourth-order valence-corrected chi connectivity index (χ4v) is 5.07. The second-order valence-electron chi connectivity index (χ2n) is 9.96. The van der Waals surface area contributed by atoms with Crippen molar-refractivity contribution >= 4 is 11.9 Å². The van der Waals surface area contributed by atoms with Crippen LogP contribution in [0.1, 0.15) is 80.9 Å². The molecule has 0 aliphatic carbocycles. The Balaban J connectivity index is 1.47. The number of amides is 1. The molecule has 4 rings (SSSR count). The maximum absolute atomic E-state index is 13.2. The van der Waals surface area contributed by atoms with Gasteiger partial charge in [0.05, 0.1) is 0 Å². The van der Waals surface area contributed by atoms with Gasteiger partial charge < -0.3 is 19.9 Å². The lowest BCUT2D eigenvalue weighted by Crippen LogP contribution is -2.48. The number of rotatable bonds is 7. The molecule has 1 aromatic heterocycles. The van der Waals surface area contributed by atoms with Gasteiger partial charge in [-0.3, -0.25) is 4.79 Å². The number of hydrogen-bond donors (Lipinski definition) is 1. The number of piperidine rings is 1. The first-order valence-electron chi connectivity index (χ1n) is 12.3. The third-order valence-corrected chi connectivity index (χ3v) is 7.13. The molecular weight excluding hydrogens is 390 g/mol. The van der Waals surface area contributed by atoms with Gasteiger partial charge in [-0.25, -0.2) is 9.97 Å². The van der Waals surface area contributed by atoms with Crippen molar-refractivity contribution in [2.45, 2.75) is 64.7 Å². The minimum Gasteiger partial charge on any atom is -0.381 e. The van der Waals surface area contributed by atoms with Gasteiger partial charge in [0.25, 0.3) is 5.91 Å². The summed E-state index contributed by atoms with van der Waals surface area (Å²) in [5, 5.41) is 3.25. The first kappa shape index (κ1) is 22.5. The van der Waals surface area contributed by atoms with E-state index in [1.165, 1.54) is 32.4 Å². The molecule has 172 valence electrons. The first-order chi connectivity index (χ1) is 15.0. The van der Waals surface area contributed by atoms with Crippen LogP contribution in [0, 0.1) is 5.41 Å². The molecule has 31 heavy (non-hydrogen) atoms. The second kappa shape index (κ2) is 10.3. The molecule has 0 saturated carbocycles. The molecule has 3 saturated heterocycles. The second-order valence-corrected chi connectivity index (χ2v) is 9.96. The Hall–Kier alpha value is -1.73. The Morgan fingerprint density at radius 3 is 2.42 bits per heavy atom. The molecule has 0 radical (unpaired) electrons. The molecular formula is C24H39N5O2. The van der Waals surface area contributed by atoms with Crippen molar-refractivity contribution in [3.8, 4) is 0 Å². The van der Waals surface area contributed by atoms with E-state index in [-0.39, 0.29) is 17.2 Å². The molecule has 3 aliphatic heterocycles. The van der Waals surface area contributed by atoms with E-state index in [1.807, 2.05) is 6.07 Å². The average molecular weight is 430 g/mol. The fraction of sp³-hybridized carbons (Fsp3) is 0.792. The Morgan fingerprint density at radius 1 is 1.06 bits per heavy atom. The largest absolute Gasteiger partial charge is 0.381 e. The van der Waals surface area contributed by atoms with Crippen LogP contribution in [0.25, 0.3) is 0 Å². The van der Waals surface area contributed by atoms with Crippen LogP contribution in [0.2, 0.25) is 0 Å². The van der Waals surface area contributed by atoms with Gasteiger partial charge in [-0.1, -0.05) is 13.8 Å². The van der Waals surface area contributed by atoms with E-state index in [0.717, 1.165) is 64.2 Å². The van der Waals surface area contributed by atoms with E-state index in [1.54, 1.807) is 0 Å². The zero-order valence-electron chi connectivity index (χ0n) is 19.4. The fourth-order valence-electron chi connectivity index (χ4n) is 5.07. The normalized spacial score (nSPS) is 22.1. The molecule has 7 nitrogen and oxygen atoms in total. The Kier molecular flexibility index (Phi) is 7.43. The average Bonchev–Trinajstić information content (AvgIpc) is 3.31. The molecule has 4 heterocycles. The van der Waals surface area contributed by atoms with E-state index in [2.05, 4.69) is 29.0 Å². The van der Waals surface area contributed by atoms with E-state index in [4.69, 9.17) is 14.7 Å². The van der Waals surface area contributed by atoms with Gasteiger partial charge in [0.15, 0.2) is 0 Å². The molecule has 0 unspecified atom stereocenters. The standard InChI is InChI=1S/C24H39N5O2/c1-19(2)20-16-21(27-23(26-20)29-12-4-3-5-13-29)22(30)25-17-24(8-14-31-15-9-24)18-28-10-6-7-11-28/h16,19H,3-15,17-18H2,1-2H3,(H,25,30). The van der Waals surface area contributed by atoms with Crippen LogP contribution in [0.4, 0.5) is 5.95 Å². The summed E-state index contributed by atoms with van der Waals surface area (Å²) in [4.78, 5) is 27.5. The highest BCUT2D eigenvalue weighted by Gasteiger charge is 2.35. The van der Waals surface area contributed by atoms with E-state index >= 15 is 0 Å². The van der Waals surface area contributed by atoms with Crippen molar-refractivity contribution in [3.05, 3.63) is 17.5 Å². The number of nitrogens with one attached hydrogen (secondary N) is 1. The zero-order valence-corrected chi connectivity index (χ0v) is 19.4. The number of carbonyl (C=O) groups excluding carboxylic acids is 1. The molecule has 1 N–H and O–H groups in total. The summed E-state index contributed by atoms with van der Waals surface area (Å²) in [6, 6.07) is 1.88. The van der Waals surface area contributed by atoms with E-state index in [0.29, 0.717) is 18.2 Å². The first-order valence-corrected chi connectivity index (χ1v) is 12.3. The number of anilines is 1. The molecule has 3 fully saturated rings. The molecule has 0 spiro atoms. The predicted octanol–water partition coefficient (Wildman–Crippen LogP) is 3.21. The molecule has 0 atom stereocenters. The lowest BCUT2D eigenvalue weighted by atomic mass is 9.79. The topological polar surface area (TPSA) is 70.6 Å². The van der Waals surface area contributed by atoms with Gasteiger partial charge in [-0.05, 0) is 70.0 Å². The van der Waals surface area contributed by atoms with Crippen LogP contribution in [-0.4, -0.2) is 73.3 Å². The van der Waals surface area contributed by atoms with Crippen LogP contribution in [-0.2, 0) is 4.74 Å². The number of nitrogens with zero attached hydrogens (tertiary/aromatic N) is 4. The third kappa shape index (κ3) is 5.75. The van der Waals surface area contributed by atoms with E-state index < -0.39 is 0 Å². The van der Waals surface area contributed by atoms with Gasteiger partial charge in [-0.2, -0.15) is 0 Å². The van der Waals surface area contributed by atoms with Crippen molar-refractivity contribution in [2.75, 3.05) is 57.4 Å². The maximum atomic E-state index is 13.2. The summed E-state index contributed by atoms with van der Waals surface area (Å²) in [5.41, 5.74) is 1.54. The number of ether oxygens (including phenoxy) is 1. The summed E-state index contributed by atoms with van der Waals surface area (Å²) < 4.78 is 5.65. The zero-order chi connectivity index (χ0) is 21.7. The molecule has 3 aliphatic rings. The van der Waals surface area contributed by atoms with Crippen molar-refractivity contribution in [2.24, 2.45) is 5.41 Å². The lowest BCUT2D eigenvalue weighted by molar-refractivity contribution is -0.000653. The molecule has 1 aromatic rings. The van der Waals surface area contributed by atoms with Crippen LogP contribution in [0.5, 0.6) is 0 Å². The van der Waals surface area contributed by atoms with Crippen molar-refractivity contribution in [1.29, 1.82) is 0 Å². The van der Waals surface area contributed by atoms with Gasteiger partial charge >= 0.3 is 0 Å². The maximum Gasteiger partial charge on any atom is 0.270 e. The smallest absolute Gasteiger partial charge is 0.270 e. The van der Waals surface area contributed by atoms with E-state index in [9.17, 15) is 4.79 Å². The summed E-state index contributed by atoms with van der Waals surface area (Å²) in [6.07, 6.45) is 8.17. The highest BCUT2D eigenvalue weighted by Crippen LogP contribution is 2.32. The van der Waals surface area contributed by atoms with Crippen LogP contribution in [0.3, 0.4) is 0 Å². The Bertz CT molecular complexity index is 735. The van der Waals surface area contributed by atoms with Crippen molar-refractivity contribution in [3.63, 3.8) is 0 Å². The Morgan fingerprint density at radius 2 is 1.74 bits per heavy atom. The van der Waals surface area contributed by atoms with Gasteiger partial charge in [0, 0.05) is 50.5 Å². The molecule has 1 amide bonds.